The van der Waals surface area contributed by atoms with Gasteiger partial charge in [-0.05, 0) is 30.3 Å². The number of hydrogen-bond donors (Lipinski definition) is 0. The van der Waals surface area contributed by atoms with Crippen LogP contribution in [0.25, 0.3) is 0 Å². The molecule has 0 aliphatic rings. The molecule has 0 aliphatic carbocycles. The maximum atomic E-state index is 13.5. The summed E-state index contributed by atoms with van der Waals surface area (Å²) >= 11 is 1.73. The highest BCUT2D eigenvalue weighted by molar-refractivity contribution is 8.00. The summed E-state index contributed by atoms with van der Waals surface area (Å²) in [7, 11) is 0. The Morgan fingerprint density at radius 3 is 1.89 bits per heavy atom. The average Bonchev–Trinajstić information content (AvgIpc) is 2.62. The molecule has 0 spiro atoms. The van der Waals surface area contributed by atoms with Gasteiger partial charge in [-0.1, -0.05) is 35.7 Å². The quantitative estimate of drug-likeness (QED) is 0.397. The van der Waals surface area contributed by atoms with E-state index in [-0.39, 0.29) is 9.79 Å². The first kappa shape index (κ1) is 19.2. The molecule has 0 radical (unpaired) electrons. The van der Waals surface area contributed by atoms with E-state index in [1.165, 1.54) is 18.5 Å². The van der Waals surface area contributed by atoms with E-state index >= 15 is 0 Å². The molecule has 0 saturated carbocycles. The van der Waals surface area contributed by atoms with Crippen LogP contribution in [0, 0.1) is 10.1 Å². The van der Waals surface area contributed by atoms with Crippen molar-refractivity contribution in [3.63, 3.8) is 0 Å². The van der Waals surface area contributed by atoms with Gasteiger partial charge in [0.15, 0.2) is 0 Å². The van der Waals surface area contributed by atoms with E-state index in [0.29, 0.717) is 16.1 Å². The molecule has 0 aliphatic heterocycles. The molecule has 2 aromatic heterocycles. The fourth-order valence-electron chi connectivity index (χ4n) is 2.12. The third kappa shape index (κ3) is 4.77. The van der Waals surface area contributed by atoms with Crippen molar-refractivity contribution in [1.82, 2.24) is 9.97 Å². The van der Waals surface area contributed by atoms with E-state index < -0.39 is 22.4 Å². The van der Waals surface area contributed by atoms with E-state index in [1.807, 2.05) is 0 Å². The van der Waals surface area contributed by atoms with E-state index in [4.69, 9.17) is 0 Å². The van der Waals surface area contributed by atoms with Crippen LogP contribution in [0.3, 0.4) is 0 Å². The van der Waals surface area contributed by atoms with Crippen molar-refractivity contribution < 1.29 is 18.1 Å². The molecule has 0 fully saturated rings. The molecule has 0 unspecified atom stereocenters. The van der Waals surface area contributed by atoms with Crippen LogP contribution in [0.4, 0.5) is 18.9 Å². The Morgan fingerprint density at radius 2 is 1.44 bits per heavy atom. The number of nitrogens with zero attached hydrogens (tertiary/aromatic N) is 3. The van der Waals surface area contributed by atoms with Crippen molar-refractivity contribution in [2.75, 3.05) is 0 Å². The Morgan fingerprint density at radius 1 is 0.889 bits per heavy atom. The Hall–Kier alpha value is -2.59. The molecule has 0 bridgehead atoms. The Kier molecular flexibility index (Phi) is 5.66. The summed E-state index contributed by atoms with van der Waals surface area (Å²) in [4.78, 5) is 18.5. The lowest BCUT2D eigenvalue weighted by atomic mass is 10.2. The number of alkyl halides is 3. The number of pyridine rings is 2. The highest BCUT2D eigenvalue weighted by atomic mass is 32.2. The van der Waals surface area contributed by atoms with Crippen molar-refractivity contribution in [3.8, 4) is 0 Å². The molecule has 3 aromatic rings. The van der Waals surface area contributed by atoms with Crippen LogP contribution < -0.4 is 0 Å². The molecule has 1 aromatic carbocycles. The predicted molar refractivity (Wildman–Crippen MR) is 94.8 cm³/mol. The molecule has 0 saturated heterocycles. The molecule has 27 heavy (non-hydrogen) atoms. The average molecular weight is 409 g/mol. The van der Waals surface area contributed by atoms with Crippen molar-refractivity contribution >= 4 is 29.2 Å². The summed E-state index contributed by atoms with van der Waals surface area (Å²) in [6.45, 7) is 0. The smallest absolute Gasteiger partial charge is 0.258 e. The maximum Gasteiger partial charge on any atom is 0.417 e. The first-order chi connectivity index (χ1) is 12.8. The van der Waals surface area contributed by atoms with Gasteiger partial charge in [0.25, 0.3) is 5.69 Å². The minimum Gasteiger partial charge on any atom is -0.258 e. The third-order valence-corrected chi connectivity index (χ3v) is 5.27. The SMILES string of the molecule is O=[N+]([O-])c1cc(C(F)(F)F)c(Sc2ccccn2)cc1Sc1ccccn1. The summed E-state index contributed by atoms with van der Waals surface area (Å²) in [6, 6.07) is 11.6. The van der Waals surface area contributed by atoms with Gasteiger partial charge in [-0.2, -0.15) is 13.2 Å². The number of nitro groups is 1. The molecule has 0 N–H and O–H groups in total. The summed E-state index contributed by atoms with van der Waals surface area (Å²) < 4.78 is 40.4. The van der Waals surface area contributed by atoms with Crippen molar-refractivity contribution in [1.29, 1.82) is 0 Å². The molecule has 5 nitrogen and oxygen atoms in total. The fourth-order valence-corrected chi connectivity index (χ4v) is 4.04. The van der Waals surface area contributed by atoms with Crippen LogP contribution in [-0.4, -0.2) is 14.9 Å². The van der Waals surface area contributed by atoms with Gasteiger partial charge in [0.1, 0.15) is 10.1 Å². The normalized spacial score (nSPS) is 11.4. The topological polar surface area (TPSA) is 68.9 Å². The summed E-state index contributed by atoms with van der Waals surface area (Å²) in [5, 5.41) is 12.1. The van der Waals surface area contributed by atoms with Crippen LogP contribution in [-0.2, 0) is 6.18 Å². The first-order valence-corrected chi connectivity index (χ1v) is 9.05. The van der Waals surface area contributed by atoms with Gasteiger partial charge in [-0.25, -0.2) is 9.97 Å². The predicted octanol–water partition coefficient (Wildman–Crippen LogP) is 5.71. The standard InChI is InChI=1S/C17H10F3N3O2S2/c18-17(19,20)11-9-12(23(24)25)14(27-16-6-2-4-8-22-16)10-13(11)26-15-5-1-3-7-21-15/h1-10H. The van der Waals surface area contributed by atoms with E-state index in [1.54, 1.807) is 36.4 Å². The highest BCUT2D eigenvalue weighted by Gasteiger charge is 2.37. The van der Waals surface area contributed by atoms with Crippen molar-refractivity contribution in [3.05, 3.63) is 76.6 Å². The van der Waals surface area contributed by atoms with E-state index in [0.717, 1.165) is 23.5 Å². The van der Waals surface area contributed by atoms with E-state index in [9.17, 15) is 23.3 Å². The zero-order valence-corrected chi connectivity index (χ0v) is 15.0. The van der Waals surface area contributed by atoms with Gasteiger partial charge >= 0.3 is 6.18 Å². The van der Waals surface area contributed by atoms with Crippen LogP contribution in [0.5, 0.6) is 0 Å². The molecular weight excluding hydrogens is 399 g/mol. The molecule has 0 atom stereocenters. The molecule has 0 amide bonds. The Balaban J connectivity index is 2.11. The minimum atomic E-state index is -4.74. The van der Waals surface area contributed by atoms with Crippen LogP contribution >= 0.6 is 23.5 Å². The zero-order chi connectivity index (χ0) is 19.4. The zero-order valence-electron chi connectivity index (χ0n) is 13.4. The number of hydrogen-bond acceptors (Lipinski definition) is 6. The second-order valence-corrected chi connectivity index (χ2v) is 7.24. The Labute approximate surface area is 160 Å². The minimum absolute atomic E-state index is 0.0742. The number of benzene rings is 1. The van der Waals surface area contributed by atoms with E-state index in [2.05, 4.69) is 9.97 Å². The molecule has 3 rings (SSSR count). The van der Waals surface area contributed by atoms with Gasteiger partial charge in [-0.3, -0.25) is 10.1 Å². The van der Waals surface area contributed by atoms with Crippen LogP contribution in [0.2, 0.25) is 0 Å². The van der Waals surface area contributed by atoms with Gasteiger partial charge in [0, 0.05) is 23.4 Å². The number of halogens is 3. The fraction of sp³-hybridized carbons (Fsp3) is 0.0588. The van der Waals surface area contributed by atoms with Crippen LogP contribution in [0.15, 0.2) is 80.8 Å². The maximum absolute atomic E-state index is 13.5. The molecule has 10 heteroatoms. The summed E-state index contributed by atoms with van der Waals surface area (Å²) in [5.41, 5.74) is -1.70. The van der Waals surface area contributed by atoms with Gasteiger partial charge in [-0.15, -0.1) is 0 Å². The monoisotopic (exact) mass is 409 g/mol. The second kappa shape index (κ2) is 7.97. The molecule has 2 heterocycles. The lowest BCUT2D eigenvalue weighted by Gasteiger charge is -2.14. The van der Waals surface area contributed by atoms with Gasteiger partial charge in [0.05, 0.1) is 15.4 Å². The van der Waals surface area contributed by atoms with Crippen LogP contribution in [0.1, 0.15) is 5.56 Å². The first-order valence-electron chi connectivity index (χ1n) is 7.42. The second-order valence-electron chi connectivity index (χ2n) is 5.11. The van der Waals surface area contributed by atoms with Gasteiger partial charge < -0.3 is 0 Å². The van der Waals surface area contributed by atoms with Crippen molar-refractivity contribution in [2.24, 2.45) is 0 Å². The lowest BCUT2D eigenvalue weighted by molar-refractivity contribution is -0.388. The van der Waals surface area contributed by atoms with Gasteiger partial charge in [0.2, 0.25) is 0 Å². The Bertz CT molecular complexity index is 955. The van der Waals surface area contributed by atoms with Crippen molar-refractivity contribution in [2.45, 2.75) is 26.0 Å². The third-order valence-electron chi connectivity index (χ3n) is 3.27. The lowest BCUT2D eigenvalue weighted by Crippen LogP contribution is -2.08. The largest absolute Gasteiger partial charge is 0.417 e. The number of aromatic nitrogens is 2. The molecular formula is C17H10F3N3O2S2. The summed E-state index contributed by atoms with van der Waals surface area (Å²) in [5.74, 6) is 0. The number of rotatable bonds is 5. The molecule has 138 valence electrons. The highest BCUT2D eigenvalue weighted by Crippen LogP contribution is 2.45. The number of nitro benzene ring substituents is 1. The summed E-state index contributed by atoms with van der Waals surface area (Å²) in [6.07, 6.45) is -1.78.